The molecule has 0 spiro atoms. The average Bonchev–Trinajstić information content (AvgIpc) is 2.03. The van der Waals surface area contributed by atoms with Gasteiger partial charge in [-0.15, -0.1) is 0 Å². The van der Waals surface area contributed by atoms with Crippen molar-refractivity contribution < 1.29 is 13.2 Å². The Bertz CT molecular complexity index is 150. The van der Waals surface area contributed by atoms with Crippen LogP contribution in [0.3, 0.4) is 0 Å². The molecule has 0 bridgehead atoms. The van der Waals surface area contributed by atoms with Crippen molar-refractivity contribution in [3.8, 4) is 0 Å². The van der Waals surface area contributed by atoms with Gasteiger partial charge in [0.25, 0.3) is 0 Å². The summed E-state index contributed by atoms with van der Waals surface area (Å²) in [6.07, 6.45) is -2.42. The van der Waals surface area contributed by atoms with Crippen molar-refractivity contribution in [2.75, 3.05) is 26.7 Å². The second-order valence-electron chi connectivity index (χ2n) is 3.45. The molecule has 5 heteroatoms. The number of hydrogen-bond acceptors (Lipinski definition) is 2. The van der Waals surface area contributed by atoms with Crippen molar-refractivity contribution in [2.45, 2.75) is 25.1 Å². The van der Waals surface area contributed by atoms with Crippen molar-refractivity contribution in [1.82, 2.24) is 10.2 Å². The molecule has 0 saturated carbocycles. The number of nitrogens with one attached hydrogen (secondary N) is 1. The molecule has 0 aromatic heterocycles. The molecule has 0 aromatic rings. The van der Waals surface area contributed by atoms with Gasteiger partial charge >= 0.3 is 6.18 Å². The first-order valence-corrected chi connectivity index (χ1v) is 4.47. The Balaban J connectivity index is 2.25. The molecule has 0 atom stereocenters. The summed E-state index contributed by atoms with van der Waals surface area (Å²) in [5.41, 5.74) is 0. The van der Waals surface area contributed by atoms with Crippen molar-refractivity contribution in [3.63, 3.8) is 0 Å². The zero-order chi connectivity index (χ0) is 9.90. The first-order chi connectivity index (χ1) is 6.01. The molecule has 0 radical (unpaired) electrons. The first kappa shape index (κ1) is 10.8. The molecule has 78 valence electrons. The van der Waals surface area contributed by atoms with Crippen LogP contribution in [0.1, 0.15) is 12.8 Å². The molecule has 13 heavy (non-hydrogen) atoms. The van der Waals surface area contributed by atoms with Crippen molar-refractivity contribution in [3.05, 3.63) is 0 Å². The van der Waals surface area contributed by atoms with Crippen LogP contribution >= 0.6 is 0 Å². The predicted octanol–water partition coefficient (Wildman–Crippen LogP) is 1.23. The van der Waals surface area contributed by atoms with Crippen LogP contribution in [0.4, 0.5) is 13.2 Å². The van der Waals surface area contributed by atoms with E-state index in [0.29, 0.717) is 19.1 Å². The lowest BCUT2D eigenvalue weighted by molar-refractivity contribution is -0.148. The SMILES string of the molecule is CNC1CCN(CC(F)(F)F)CC1. The van der Waals surface area contributed by atoms with Gasteiger partial charge in [0, 0.05) is 6.04 Å². The minimum absolute atomic E-state index is 0.393. The zero-order valence-electron chi connectivity index (χ0n) is 7.69. The zero-order valence-corrected chi connectivity index (χ0v) is 7.69. The largest absolute Gasteiger partial charge is 0.401 e. The number of rotatable bonds is 2. The van der Waals surface area contributed by atoms with Gasteiger partial charge in [-0.05, 0) is 33.0 Å². The lowest BCUT2D eigenvalue weighted by atomic mass is 10.1. The van der Waals surface area contributed by atoms with E-state index in [-0.39, 0.29) is 0 Å². The number of nitrogens with zero attached hydrogens (tertiary/aromatic N) is 1. The number of halogens is 3. The van der Waals surface area contributed by atoms with Gasteiger partial charge in [-0.1, -0.05) is 0 Å². The lowest BCUT2D eigenvalue weighted by Crippen LogP contribution is -2.44. The molecule has 0 aromatic carbocycles. The molecule has 1 aliphatic rings. The van der Waals surface area contributed by atoms with E-state index < -0.39 is 12.7 Å². The minimum Gasteiger partial charge on any atom is -0.317 e. The lowest BCUT2D eigenvalue weighted by Gasteiger charge is -2.32. The van der Waals surface area contributed by atoms with Gasteiger partial charge in [-0.25, -0.2) is 0 Å². The second-order valence-corrected chi connectivity index (χ2v) is 3.45. The van der Waals surface area contributed by atoms with Crippen molar-refractivity contribution in [1.29, 1.82) is 0 Å². The summed E-state index contributed by atoms with van der Waals surface area (Å²) in [4.78, 5) is 1.47. The van der Waals surface area contributed by atoms with Crippen molar-refractivity contribution in [2.24, 2.45) is 0 Å². The van der Waals surface area contributed by atoms with Crippen LogP contribution < -0.4 is 5.32 Å². The highest BCUT2D eigenvalue weighted by molar-refractivity contribution is 4.77. The van der Waals surface area contributed by atoms with Crippen LogP contribution in [0.2, 0.25) is 0 Å². The smallest absolute Gasteiger partial charge is 0.317 e. The number of alkyl halides is 3. The monoisotopic (exact) mass is 196 g/mol. The predicted molar refractivity (Wildman–Crippen MR) is 44.6 cm³/mol. The Hall–Kier alpha value is -0.290. The second kappa shape index (κ2) is 4.28. The third kappa shape index (κ3) is 3.95. The van der Waals surface area contributed by atoms with Gasteiger partial charge in [0.05, 0.1) is 6.54 Å². The Morgan fingerprint density at radius 3 is 2.23 bits per heavy atom. The molecule has 0 amide bonds. The Morgan fingerprint density at radius 1 is 1.31 bits per heavy atom. The summed E-state index contributed by atoms with van der Waals surface area (Å²) >= 11 is 0. The van der Waals surface area contributed by atoms with E-state index in [4.69, 9.17) is 0 Å². The van der Waals surface area contributed by atoms with Gasteiger partial charge in [-0.2, -0.15) is 13.2 Å². The van der Waals surface area contributed by atoms with Gasteiger partial charge in [0.15, 0.2) is 0 Å². The Kier molecular flexibility index (Phi) is 3.55. The Morgan fingerprint density at radius 2 is 1.85 bits per heavy atom. The fraction of sp³-hybridized carbons (Fsp3) is 1.00. The van der Waals surface area contributed by atoms with Crippen molar-refractivity contribution >= 4 is 0 Å². The van der Waals surface area contributed by atoms with Crippen LogP contribution in [0.5, 0.6) is 0 Å². The highest BCUT2D eigenvalue weighted by Crippen LogP contribution is 2.19. The number of piperidine rings is 1. The molecule has 1 saturated heterocycles. The van der Waals surface area contributed by atoms with Gasteiger partial charge in [0.2, 0.25) is 0 Å². The maximum atomic E-state index is 12.0. The Labute approximate surface area is 76.1 Å². The first-order valence-electron chi connectivity index (χ1n) is 4.47. The molecule has 1 fully saturated rings. The average molecular weight is 196 g/mol. The van der Waals surface area contributed by atoms with Crippen LogP contribution in [-0.4, -0.2) is 43.8 Å². The summed E-state index contributed by atoms with van der Waals surface area (Å²) in [6, 6.07) is 0.393. The molecule has 2 nitrogen and oxygen atoms in total. The fourth-order valence-electron chi connectivity index (χ4n) is 1.63. The molecule has 1 aliphatic heterocycles. The normalized spacial score (nSPS) is 22.2. The van der Waals surface area contributed by atoms with Gasteiger partial charge < -0.3 is 5.32 Å². The van der Waals surface area contributed by atoms with Crippen LogP contribution in [0.15, 0.2) is 0 Å². The number of likely N-dealkylation sites (tertiary alicyclic amines) is 1. The molecule has 0 aliphatic carbocycles. The third-order valence-corrected chi connectivity index (χ3v) is 2.40. The minimum atomic E-state index is -4.05. The van der Waals surface area contributed by atoms with Gasteiger partial charge in [0.1, 0.15) is 0 Å². The van der Waals surface area contributed by atoms with Crippen LogP contribution in [0.25, 0.3) is 0 Å². The third-order valence-electron chi connectivity index (χ3n) is 2.40. The van der Waals surface area contributed by atoms with Crippen LogP contribution in [-0.2, 0) is 0 Å². The molecular weight excluding hydrogens is 181 g/mol. The summed E-state index contributed by atoms with van der Waals surface area (Å²) in [6.45, 7) is 0.333. The summed E-state index contributed by atoms with van der Waals surface area (Å²) < 4.78 is 35.9. The van der Waals surface area contributed by atoms with E-state index >= 15 is 0 Å². The van der Waals surface area contributed by atoms with E-state index in [9.17, 15) is 13.2 Å². The van der Waals surface area contributed by atoms with E-state index in [1.807, 2.05) is 7.05 Å². The summed E-state index contributed by atoms with van der Waals surface area (Å²) in [5, 5.41) is 3.08. The summed E-state index contributed by atoms with van der Waals surface area (Å²) in [5.74, 6) is 0. The van der Waals surface area contributed by atoms with Gasteiger partial charge in [-0.3, -0.25) is 4.90 Å². The van der Waals surface area contributed by atoms with E-state index in [1.54, 1.807) is 0 Å². The van der Waals surface area contributed by atoms with E-state index in [1.165, 1.54) is 4.90 Å². The molecule has 1 N–H and O–H groups in total. The number of hydrogen-bond donors (Lipinski definition) is 1. The van der Waals surface area contributed by atoms with E-state index in [2.05, 4.69) is 5.32 Å². The molecular formula is C8H15F3N2. The fourth-order valence-corrected chi connectivity index (χ4v) is 1.63. The molecule has 1 rings (SSSR count). The highest BCUT2D eigenvalue weighted by Gasteiger charge is 2.32. The quantitative estimate of drug-likeness (QED) is 0.714. The highest BCUT2D eigenvalue weighted by atomic mass is 19.4. The maximum absolute atomic E-state index is 12.0. The molecule has 0 unspecified atom stereocenters. The van der Waals surface area contributed by atoms with Crippen LogP contribution in [0, 0.1) is 0 Å². The standard InChI is InChI=1S/C8H15F3N2/c1-12-7-2-4-13(5-3-7)6-8(9,10)11/h7,12H,2-6H2,1H3. The molecule has 1 heterocycles. The summed E-state index contributed by atoms with van der Waals surface area (Å²) in [7, 11) is 1.85. The van der Waals surface area contributed by atoms with E-state index in [0.717, 1.165) is 12.8 Å². The maximum Gasteiger partial charge on any atom is 0.401 e. The topological polar surface area (TPSA) is 15.3 Å².